The number of benzene rings is 2. The highest BCUT2D eigenvalue weighted by molar-refractivity contribution is 5.70. The van der Waals surface area contributed by atoms with Crippen molar-refractivity contribution in [1.29, 1.82) is 0 Å². The van der Waals surface area contributed by atoms with E-state index in [1.165, 1.54) is 45.9 Å². The molecule has 0 atom stereocenters. The lowest BCUT2D eigenvalue weighted by molar-refractivity contribution is -0.137. The van der Waals surface area contributed by atoms with Crippen LogP contribution in [-0.2, 0) is 12.7 Å². The third kappa shape index (κ3) is 3.24. The van der Waals surface area contributed by atoms with E-state index in [0.717, 1.165) is 12.1 Å². The SMILES string of the molecule is O=c1c2nnn(-c3cccc(F)c3)c2ncn1Cc1ccc(C(F)(F)F)cc1. The molecular formula is C18H11F4N5O. The van der Waals surface area contributed by atoms with E-state index < -0.39 is 23.1 Å². The Hall–Kier alpha value is -3.56. The lowest BCUT2D eigenvalue weighted by atomic mass is 10.1. The van der Waals surface area contributed by atoms with Gasteiger partial charge in [-0.3, -0.25) is 9.36 Å². The zero-order valence-electron chi connectivity index (χ0n) is 14.1. The van der Waals surface area contributed by atoms with E-state index in [4.69, 9.17) is 0 Å². The summed E-state index contributed by atoms with van der Waals surface area (Å²) in [5.74, 6) is -0.475. The molecule has 2 aromatic carbocycles. The molecule has 0 N–H and O–H groups in total. The van der Waals surface area contributed by atoms with Crippen LogP contribution in [0.4, 0.5) is 17.6 Å². The Bertz CT molecular complexity index is 1210. The van der Waals surface area contributed by atoms with Gasteiger partial charge in [-0.25, -0.2) is 9.37 Å². The van der Waals surface area contributed by atoms with Crippen LogP contribution in [0.15, 0.2) is 59.7 Å². The van der Waals surface area contributed by atoms with Crippen LogP contribution in [0.2, 0.25) is 0 Å². The first kappa shape index (κ1) is 17.8. The monoisotopic (exact) mass is 389 g/mol. The Morgan fingerprint density at radius 2 is 1.79 bits per heavy atom. The molecule has 0 spiro atoms. The van der Waals surface area contributed by atoms with Gasteiger partial charge < -0.3 is 0 Å². The van der Waals surface area contributed by atoms with Gasteiger partial charge >= 0.3 is 6.18 Å². The molecule has 6 nitrogen and oxygen atoms in total. The van der Waals surface area contributed by atoms with Crippen LogP contribution >= 0.6 is 0 Å². The van der Waals surface area contributed by atoms with Crippen molar-refractivity contribution in [3.05, 3.63) is 82.2 Å². The second-order valence-corrected chi connectivity index (χ2v) is 6.03. The van der Waals surface area contributed by atoms with Crippen LogP contribution in [-0.4, -0.2) is 24.5 Å². The van der Waals surface area contributed by atoms with Gasteiger partial charge in [-0.05, 0) is 35.9 Å². The summed E-state index contributed by atoms with van der Waals surface area (Å²) in [5, 5.41) is 7.67. The molecule has 4 rings (SSSR count). The van der Waals surface area contributed by atoms with Crippen molar-refractivity contribution in [2.45, 2.75) is 12.7 Å². The topological polar surface area (TPSA) is 65.6 Å². The second-order valence-electron chi connectivity index (χ2n) is 6.03. The molecule has 28 heavy (non-hydrogen) atoms. The Kier molecular flexibility index (Phi) is 4.17. The molecule has 0 aliphatic heterocycles. The van der Waals surface area contributed by atoms with Crippen molar-refractivity contribution in [3.8, 4) is 5.69 Å². The lowest BCUT2D eigenvalue weighted by Crippen LogP contribution is -2.21. The van der Waals surface area contributed by atoms with Crippen LogP contribution in [0.3, 0.4) is 0 Å². The predicted octanol–water partition coefficient (Wildman–Crippen LogP) is 3.18. The second kappa shape index (κ2) is 6.55. The third-order valence-electron chi connectivity index (χ3n) is 4.12. The average molecular weight is 389 g/mol. The van der Waals surface area contributed by atoms with Crippen LogP contribution in [0.25, 0.3) is 16.9 Å². The number of fused-ring (bicyclic) bond motifs is 1. The molecule has 2 heterocycles. The smallest absolute Gasteiger partial charge is 0.293 e. The number of alkyl halides is 3. The van der Waals surface area contributed by atoms with Crippen molar-refractivity contribution in [2.75, 3.05) is 0 Å². The largest absolute Gasteiger partial charge is 0.416 e. The standard InChI is InChI=1S/C18H11F4N5O/c19-13-2-1-3-14(8-13)27-16-15(24-25-27)17(28)26(10-23-16)9-11-4-6-12(7-5-11)18(20,21)22/h1-8,10H,9H2. The van der Waals surface area contributed by atoms with Crippen molar-refractivity contribution in [2.24, 2.45) is 0 Å². The third-order valence-corrected chi connectivity index (χ3v) is 4.12. The first-order chi connectivity index (χ1) is 13.3. The van der Waals surface area contributed by atoms with E-state index >= 15 is 0 Å². The summed E-state index contributed by atoms with van der Waals surface area (Å²) in [6.45, 7) is 0.0206. The molecule has 142 valence electrons. The summed E-state index contributed by atoms with van der Waals surface area (Å²) < 4.78 is 53.8. The van der Waals surface area contributed by atoms with Gasteiger partial charge in [0.05, 0.1) is 17.8 Å². The van der Waals surface area contributed by atoms with E-state index in [1.54, 1.807) is 6.07 Å². The van der Waals surface area contributed by atoms with E-state index in [-0.39, 0.29) is 17.7 Å². The van der Waals surface area contributed by atoms with E-state index in [0.29, 0.717) is 11.3 Å². The molecule has 2 aromatic heterocycles. The highest BCUT2D eigenvalue weighted by atomic mass is 19.4. The van der Waals surface area contributed by atoms with Crippen LogP contribution in [0.5, 0.6) is 0 Å². The Morgan fingerprint density at radius 1 is 1.04 bits per heavy atom. The fraction of sp³-hybridized carbons (Fsp3) is 0.111. The normalized spacial score (nSPS) is 11.9. The van der Waals surface area contributed by atoms with Gasteiger partial charge in [-0.1, -0.05) is 23.4 Å². The Morgan fingerprint density at radius 3 is 2.46 bits per heavy atom. The first-order valence-corrected chi connectivity index (χ1v) is 8.06. The maximum absolute atomic E-state index is 13.4. The van der Waals surface area contributed by atoms with E-state index in [2.05, 4.69) is 15.3 Å². The summed E-state index contributed by atoms with van der Waals surface area (Å²) >= 11 is 0. The van der Waals surface area contributed by atoms with Crippen molar-refractivity contribution >= 4 is 11.2 Å². The summed E-state index contributed by atoms with van der Waals surface area (Å²) in [7, 11) is 0. The summed E-state index contributed by atoms with van der Waals surface area (Å²) in [5.41, 5.74) is -0.302. The van der Waals surface area contributed by atoms with E-state index in [9.17, 15) is 22.4 Å². The number of hydrogen-bond donors (Lipinski definition) is 0. The average Bonchev–Trinajstić information content (AvgIpc) is 3.09. The molecule has 0 saturated heterocycles. The number of halogens is 4. The van der Waals surface area contributed by atoms with E-state index in [1.807, 2.05) is 0 Å². The van der Waals surface area contributed by atoms with Gasteiger partial charge in [0.15, 0.2) is 11.2 Å². The highest BCUT2D eigenvalue weighted by Crippen LogP contribution is 2.29. The maximum Gasteiger partial charge on any atom is 0.416 e. The summed E-state index contributed by atoms with van der Waals surface area (Å²) in [6.07, 6.45) is -3.17. The molecular weight excluding hydrogens is 378 g/mol. The van der Waals surface area contributed by atoms with Crippen molar-refractivity contribution < 1.29 is 17.6 Å². The Balaban J connectivity index is 1.68. The number of nitrogens with zero attached hydrogens (tertiary/aromatic N) is 5. The van der Waals surface area contributed by atoms with Gasteiger partial charge in [-0.2, -0.15) is 17.9 Å². The molecule has 0 radical (unpaired) electrons. The minimum Gasteiger partial charge on any atom is -0.293 e. The fourth-order valence-electron chi connectivity index (χ4n) is 2.73. The molecule has 0 unspecified atom stereocenters. The van der Waals surface area contributed by atoms with Gasteiger partial charge in [-0.15, -0.1) is 5.10 Å². The molecule has 0 saturated carbocycles. The minimum absolute atomic E-state index is 0.0206. The van der Waals surface area contributed by atoms with Crippen LogP contribution < -0.4 is 5.56 Å². The molecule has 0 fully saturated rings. The number of aromatic nitrogens is 5. The predicted molar refractivity (Wildman–Crippen MR) is 91.4 cm³/mol. The van der Waals surface area contributed by atoms with Crippen LogP contribution in [0.1, 0.15) is 11.1 Å². The first-order valence-electron chi connectivity index (χ1n) is 8.06. The lowest BCUT2D eigenvalue weighted by Gasteiger charge is -2.09. The molecule has 0 aliphatic rings. The maximum atomic E-state index is 13.4. The van der Waals surface area contributed by atoms with Gasteiger partial charge in [0.2, 0.25) is 0 Å². The zero-order valence-corrected chi connectivity index (χ0v) is 14.1. The quantitative estimate of drug-likeness (QED) is 0.505. The Labute approximate surface area is 154 Å². The number of hydrogen-bond acceptors (Lipinski definition) is 4. The molecule has 10 heteroatoms. The molecule has 4 aromatic rings. The fourth-order valence-corrected chi connectivity index (χ4v) is 2.73. The molecule has 0 aliphatic carbocycles. The van der Waals surface area contributed by atoms with Gasteiger partial charge in [0, 0.05) is 0 Å². The van der Waals surface area contributed by atoms with Crippen molar-refractivity contribution in [3.63, 3.8) is 0 Å². The highest BCUT2D eigenvalue weighted by Gasteiger charge is 2.29. The minimum atomic E-state index is -4.43. The van der Waals surface area contributed by atoms with Crippen LogP contribution in [0, 0.1) is 5.82 Å². The molecule has 0 amide bonds. The van der Waals surface area contributed by atoms with Gasteiger partial charge in [0.25, 0.3) is 5.56 Å². The summed E-state index contributed by atoms with van der Waals surface area (Å²) in [6, 6.07) is 10.1. The van der Waals surface area contributed by atoms with Gasteiger partial charge in [0.1, 0.15) is 12.1 Å². The molecule has 0 bridgehead atoms. The van der Waals surface area contributed by atoms with Crippen molar-refractivity contribution in [1.82, 2.24) is 24.5 Å². The number of rotatable bonds is 3. The summed E-state index contributed by atoms with van der Waals surface area (Å²) in [4.78, 5) is 16.8. The zero-order chi connectivity index (χ0) is 19.9.